The largest absolute Gasteiger partial charge is 0.292 e. The summed E-state index contributed by atoms with van der Waals surface area (Å²) in [5, 5.41) is 0. The highest BCUT2D eigenvalue weighted by molar-refractivity contribution is 6.01. The number of nitrogens with zero attached hydrogens (tertiary/aromatic N) is 1. The number of hydrogen-bond donors (Lipinski definition) is 0. The second-order valence-corrected chi connectivity index (χ2v) is 6.57. The van der Waals surface area contributed by atoms with Crippen molar-refractivity contribution in [2.75, 3.05) is 6.54 Å². The van der Waals surface area contributed by atoms with Gasteiger partial charge in [0.1, 0.15) is 0 Å². The second-order valence-electron chi connectivity index (χ2n) is 6.57. The van der Waals surface area contributed by atoms with Crippen LogP contribution in [0.25, 0.3) is 0 Å². The number of piperidine rings is 1. The molecule has 0 N–H and O–H groups in total. The lowest BCUT2D eigenvalue weighted by Gasteiger charge is -2.40. The molecule has 1 fully saturated rings. The molecule has 1 aromatic rings. The van der Waals surface area contributed by atoms with Crippen LogP contribution in [0.4, 0.5) is 0 Å². The number of benzene rings is 1. The van der Waals surface area contributed by atoms with Gasteiger partial charge in [-0.2, -0.15) is 0 Å². The molecule has 3 atom stereocenters. The van der Waals surface area contributed by atoms with Crippen LogP contribution >= 0.6 is 0 Å². The number of carbonyl (C=O) groups excluding carboxylic acids is 1. The Kier molecular flexibility index (Phi) is 4.64. The van der Waals surface area contributed by atoms with Gasteiger partial charge in [-0.3, -0.25) is 9.69 Å². The summed E-state index contributed by atoms with van der Waals surface area (Å²) in [5.41, 5.74) is 3.14. The van der Waals surface area contributed by atoms with Crippen molar-refractivity contribution in [1.82, 2.24) is 4.90 Å². The number of carbonyl (C=O) groups is 1. The van der Waals surface area contributed by atoms with Crippen molar-refractivity contribution in [2.24, 2.45) is 5.92 Å². The second kappa shape index (κ2) is 6.09. The van der Waals surface area contributed by atoms with Crippen LogP contribution in [0.15, 0.2) is 18.2 Å². The van der Waals surface area contributed by atoms with Crippen LogP contribution in [-0.4, -0.2) is 29.3 Å². The summed E-state index contributed by atoms with van der Waals surface area (Å²) in [6.07, 6.45) is 2.40. The molecular formula is C18H27NO. The fourth-order valence-corrected chi connectivity index (χ4v) is 3.38. The van der Waals surface area contributed by atoms with Gasteiger partial charge in [-0.15, -0.1) is 0 Å². The number of rotatable bonds is 3. The van der Waals surface area contributed by atoms with Crippen LogP contribution < -0.4 is 0 Å². The molecule has 1 aliphatic heterocycles. The standard InChI is InChI=1S/C18H27NO/c1-12-6-7-14(3)17(11-12)18(20)16(5)19-9-8-13(2)10-15(19)4/h6-7,11,13,15-16H,8-10H2,1-5H3. The normalized spacial score (nSPS) is 25.4. The van der Waals surface area contributed by atoms with Gasteiger partial charge in [0.05, 0.1) is 6.04 Å². The first-order chi connectivity index (χ1) is 9.40. The third-order valence-electron chi connectivity index (χ3n) is 4.73. The molecule has 0 bridgehead atoms. The predicted molar refractivity (Wildman–Crippen MR) is 84.3 cm³/mol. The molecule has 20 heavy (non-hydrogen) atoms. The highest BCUT2D eigenvalue weighted by Crippen LogP contribution is 2.25. The lowest BCUT2D eigenvalue weighted by atomic mass is 9.90. The zero-order chi connectivity index (χ0) is 14.9. The van der Waals surface area contributed by atoms with Gasteiger partial charge in [0.15, 0.2) is 5.78 Å². The van der Waals surface area contributed by atoms with Gasteiger partial charge in [-0.1, -0.05) is 24.6 Å². The lowest BCUT2D eigenvalue weighted by molar-refractivity contribution is 0.0627. The van der Waals surface area contributed by atoms with Crippen molar-refractivity contribution in [2.45, 2.75) is 59.5 Å². The quantitative estimate of drug-likeness (QED) is 0.776. The topological polar surface area (TPSA) is 20.3 Å². The van der Waals surface area contributed by atoms with Gasteiger partial charge in [0, 0.05) is 11.6 Å². The van der Waals surface area contributed by atoms with Crippen molar-refractivity contribution in [3.63, 3.8) is 0 Å². The van der Waals surface area contributed by atoms with E-state index in [2.05, 4.69) is 37.8 Å². The van der Waals surface area contributed by atoms with E-state index in [-0.39, 0.29) is 11.8 Å². The van der Waals surface area contributed by atoms with Gasteiger partial charge in [0.2, 0.25) is 0 Å². The van der Waals surface area contributed by atoms with Crippen LogP contribution in [0.2, 0.25) is 0 Å². The zero-order valence-electron chi connectivity index (χ0n) is 13.4. The number of likely N-dealkylation sites (tertiary alicyclic amines) is 1. The molecule has 0 aromatic heterocycles. The summed E-state index contributed by atoms with van der Waals surface area (Å²) >= 11 is 0. The number of aryl methyl sites for hydroxylation is 2. The molecule has 0 saturated carbocycles. The van der Waals surface area contributed by atoms with Crippen LogP contribution in [0, 0.1) is 19.8 Å². The molecule has 110 valence electrons. The fourth-order valence-electron chi connectivity index (χ4n) is 3.38. The monoisotopic (exact) mass is 273 g/mol. The first kappa shape index (κ1) is 15.2. The number of hydrogen-bond acceptors (Lipinski definition) is 2. The minimum Gasteiger partial charge on any atom is -0.292 e. The smallest absolute Gasteiger partial charge is 0.179 e. The molecular weight excluding hydrogens is 246 g/mol. The average molecular weight is 273 g/mol. The van der Waals surface area contributed by atoms with Crippen LogP contribution in [0.3, 0.4) is 0 Å². The maximum Gasteiger partial charge on any atom is 0.179 e. The van der Waals surface area contributed by atoms with Gasteiger partial charge in [0.25, 0.3) is 0 Å². The van der Waals surface area contributed by atoms with E-state index in [0.717, 1.165) is 29.2 Å². The highest BCUT2D eigenvalue weighted by Gasteiger charge is 2.30. The molecule has 2 nitrogen and oxygen atoms in total. The number of Topliss-reactive ketones (excluding diaryl/α,β-unsaturated/α-hetero) is 1. The third kappa shape index (κ3) is 3.12. The van der Waals surface area contributed by atoms with E-state index >= 15 is 0 Å². The maximum atomic E-state index is 12.8. The average Bonchev–Trinajstić information content (AvgIpc) is 2.40. The van der Waals surface area contributed by atoms with E-state index in [1.165, 1.54) is 12.8 Å². The van der Waals surface area contributed by atoms with E-state index in [1.807, 2.05) is 19.9 Å². The zero-order valence-corrected chi connectivity index (χ0v) is 13.4. The molecule has 1 aliphatic rings. The molecule has 1 aromatic carbocycles. The fraction of sp³-hybridized carbons (Fsp3) is 0.611. The molecule has 0 radical (unpaired) electrons. The van der Waals surface area contributed by atoms with Crippen LogP contribution in [0.1, 0.15) is 55.1 Å². The molecule has 1 heterocycles. The predicted octanol–water partition coefficient (Wildman–Crippen LogP) is 4.00. The Bertz CT molecular complexity index is 494. The minimum atomic E-state index is -0.0157. The van der Waals surface area contributed by atoms with Crippen molar-refractivity contribution in [1.29, 1.82) is 0 Å². The Hall–Kier alpha value is -1.15. The highest BCUT2D eigenvalue weighted by atomic mass is 16.1. The Balaban J connectivity index is 2.18. The number of ketones is 1. The SMILES string of the molecule is Cc1ccc(C)c(C(=O)C(C)N2CCC(C)CC2C)c1. The summed E-state index contributed by atoms with van der Waals surface area (Å²) in [5.74, 6) is 1.05. The Morgan fingerprint density at radius 2 is 2.00 bits per heavy atom. The molecule has 2 rings (SSSR count). The van der Waals surface area contributed by atoms with Gasteiger partial charge in [-0.25, -0.2) is 0 Å². The van der Waals surface area contributed by atoms with E-state index in [9.17, 15) is 4.79 Å². The molecule has 0 amide bonds. The molecule has 1 saturated heterocycles. The summed E-state index contributed by atoms with van der Waals surface area (Å²) < 4.78 is 0. The van der Waals surface area contributed by atoms with E-state index in [4.69, 9.17) is 0 Å². The Morgan fingerprint density at radius 1 is 1.30 bits per heavy atom. The Morgan fingerprint density at radius 3 is 2.65 bits per heavy atom. The summed E-state index contributed by atoms with van der Waals surface area (Å²) in [6.45, 7) is 11.7. The lowest BCUT2D eigenvalue weighted by Crippen LogP contribution is -2.48. The molecule has 2 heteroatoms. The van der Waals surface area contributed by atoms with Crippen LogP contribution in [0.5, 0.6) is 0 Å². The molecule has 0 spiro atoms. The van der Waals surface area contributed by atoms with E-state index < -0.39 is 0 Å². The van der Waals surface area contributed by atoms with Crippen molar-refractivity contribution in [3.8, 4) is 0 Å². The summed E-state index contributed by atoms with van der Waals surface area (Å²) in [6, 6.07) is 6.64. The Labute approximate surface area is 123 Å². The molecule has 0 aliphatic carbocycles. The van der Waals surface area contributed by atoms with Gasteiger partial charge < -0.3 is 0 Å². The van der Waals surface area contributed by atoms with Crippen molar-refractivity contribution in [3.05, 3.63) is 34.9 Å². The summed E-state index contributed by atoms with van der Waals surface area (Å²) in [4.78, 5) is 15.2. The van der Waals surface area contributed by atoms with E-state index in [1.54, 1.807) is 0 Å². The minimum absolute atomic E-state index is 0.0157. The van der Waals surface area contributed by atoms with E-state index in [0.29, 0.717) is 6.04 Å². The van der Waals surface area contributed by atoms with Crippen LogP contribution in [-0.2, 0) is 0 Å². The summed E-state index contributed by atoms with van der Waals surface area (Å²) in [7, 11) is 0. The van der Waals surface area contributed by atoms with Crippen molar-refractivity contribution < 1.29 is 4.79 Å². The first-order valence-electron chi connectivity index (χ1n) is 7.77. The molecule has 3 unspecified atom stereocenters. The van der Waals surface area contributed by atoms with Gasteiger partial charge >= 0.3 is 0 Å². The van der Waals surface area contributed by atoms with Gasteiger partial charge in [-0.05, 0) is 64.6 Å². The third-order valence-corrected chi connectivity index (χ3v) is 4.73. The first-order valence-corrected chi connectivity index (χ1v) is 7.77. The van der Waals surface area contributed by atoms with Crippen molar-refractivity contribution >= 4 is 5.78 Å². The maximum absolute atomic E-state index is 12.8.